The Morgan fingerprint density at radius 2 is 1.57 bits per heavy atom. The van der Waals surface area contributed by atoms with E-state index in [1.165, 1.54) is 9.13 Å². The number of nitrogens with zero attached hydrogens (tertiary/aromatic N) is 2. The average Bonchev–Trinajstić information content (AvgIpc) is 2.64. The van der Waals surface area contributed by atoms with Gasteiger partial charge in [-0.2, -0.15) is 0 Å². The molecule has 3 aromatic rings. The quantitative estimate of drug-likeness (QED) is 0.739. The highest BCUT2D eigenvalue weighted by Gasteiger charge is 2.18. The van der Waals surface area contributed by atoms with E-state index in [1.54, 1.807) is 24.3 Å². The van der Waals surface area contributed by atoms with Gasteiger partial charge in [0.2, 0.25) is 5.91 Å². The van der Waals surface area contributed by atoms with Crippen molar-refractivity contribution in [3.63, 3.8) is 0 Å². The number of hydrogen-bond donors (Lipinski definition) is 1. The molecule has 1 aromatic heterocycles. The van der Waals surface area contributed by atoms with Crippen LogP contribution in [0.4, 0.5) is 0 Å². The van der Waals surface area contributed by atoms with Crippen LogP contribution in [-0.4, -0.2) is 20.6 Å². The van der Waals surface area contributed by atoms with E-state index in [9.17, 15) is 14.4 Å². The van der Waals surface area contributed by atoms with Gasteiger partial charge in [-0.15, -0.1) is 0 Å². The molecule has 0 saturated heterocycles. The topological polar surface area (TPSA) is 73.1 Å². The molecule has 6 nitrogen and oxygen atoms in total. The first-order valence-corrected chi connectivity index (χ1v) is 9.33. The molecule has 28 heavy (non-hydrogen) atoms. The van der Waals surface area contributed by atoms with E-state index in [0.717, 1.165) is 5.56 Å². The fourth-order valence-corrected chi connectivity index (χ4v) is 3.21. The second-order valence-corrected chi connectivity index (χ2v) is 7.88. The lowest BCUT2D eigenvalue weighted by molar-refractivity contribution is -0.123. The summed E-state index contributed by atoms with van der Waals surface area (Å²) in [7, 11) is 0. The summed E-state index contributed by atoms with van der Waals surface area (Å²) in [6, 6.07) is 16.6. The Hall–Kier alpha value is -3.15. The lowest BCUT2D eigenvalue weighted by Gasteiger charge is -2.21. The summed E-state index contributed by atoms with van der Waals surface area (Å²) in [5.74, 6) is -0.270. The smallest absolute Gasteiger partial charge is 0.331 e. The van der Waals surface area contributed by atoms with Crippen LogP contribution in [0.15, 0.2) is 64.2 Å². The second kappa shape index (κ2) is 7.84. The summed E-state index contributed by atoms with van der Waals surface area (Å²) in [6.45, 7) is 5.77. The lowest BCUT2D eigenvalue weighted by Crippen LogP contribution is -2.46. The van der Waals surface area contributed by atoms with Gasteiger partial charge in [0, 0.05) is 12.1 Å². The molecule has 6 heteroatoms. The first kappa shape index (κ1) is 19.6. The van der Waals surface area contributed by atoms with Gasteiger partial charge < -0.3 is 5.32 Å². The van der Waals surface area contributed by atoms with Crippen molar-refractivity contribution < 1.29 is 4.79 Å². The molecular weight excluding hydrogens is 354 g/mol. The van der Waals surface area contributed by atoms with E-state index >= 15 is 0 Å². The molecule has 1 amide bonds. The van der Waals surface area contributed by atoms with Crippen LogP contribution in [0.2, 0.25) is 0 Å². The number of amides is 1. The molecule has 0 radical (unpaired) electrons. The Bertz CT molecular complexity index is 1110. The number of carbonyl (C=O) groups is 1. The summed E-state index contributed by atoms with van der Waals surface area (Å²) in [5, 5.41) is 3.29. The van der Waals surface area contributed by atoms with Crippen LogP contribution >= 0.6 is 0 Å². The van der Waals surface area contributed by atoms with Crippen molar-refractivity contribution in [3.05, 3.63) is 81.0 Å². The van der Waals surface area contributed by atoms with Crippen LogP contribution in [0, 0.1) is 0 Å². The molecule has 1 N–H and O–H groups in total. The second-order valence-electron chi connectivity index (χ2n) is 7.88. The van der Waals surface area contributed by atoms with Gasteiger partial charge in [-0.3, -0.25) is 18.7 Å². The number of aromatic nitrogens is 2. The van der Waals surface area contributed by atoms with Crippen molar-refractivity contribution >= 4 is 16.8 Å². The van der Waals surface area contributed by atoms with Gasteiger partial charge in [0.25, 0.3) is 5.56 Å². The minimum Gasteiger partial charge on any atom is -0.350 e. The number of para-hydroxylation sites is 1. The third-order valence-electron chi connectivity index (χ3n) is 4.42. The maximum Gasteiger partial charge on any atom is 0.331 e. The third-order valence-corrected chi connectivity index (χ3v) is 4.42. The molecule has 3 rings (SSSR count). The van der Waals surface area contributed by atoms with Gasteiger partial charge in [0.1, 0.15) is 6.54 Å². The molecular formula is C22H25N3O3. The standard InChI is InChI=1S/C22H25N3O3/c1-22(2,3)23-19(26)15-25-18-12-8-7-11-17(18)20(27)24(21(25)28)14-13-16-9-5-4-6-10-16/h4-12H,13-15H2,1-3H3,(H,23,26). The van der Waals surface area contributed by atoms with Gasteiger partial charge in [0.15, 0.2) is 0 Å². The SMILES string of the molecule is CC(C)(C)NC(=O)Cn1c(=O)n(CCc2ccccc2)c(=O)c2ccccc21. The zero-order valence-electron chi connectivity index (χ0n) is 16.4. The van der Waals surface area contributed by atoms with E-state index in [2.05, 4.69) is 5.32 Å². The molecule has 0 bridgehead atoms. The molecule has 2 aromatic carbocycles. The monoisotopic (exact) mass is 379 g/mol. The van der Waals surface area contributed by atoms with Gasteiger partial charge in [-0.05, 0) is 44.9 Å². The Balaban J connectivity index is 2.03. The van der Waals surface area contributed by atoms with Crippen molar-refractivity contribution in [2.45, 2.75) is 45.8 Å². The molecule has 1 heterocycles. The predicted octanol–water partition coefficient (Wildman–Crippen LogP) is 2.32. The fourth-order valence-electron chi connectivity index (χ4n) is 3.21. The van der Waals surface area contributed by atoms with E-state index in [1.807, 2.05) is 51.1 Å². The van der Waals surface area contributed by atoms with Crippen LogP contribution in [0.3, 0.4) is 0 Å². The Labute approximate surface area is 163 Å². The molecule has 0 unspecified atom stereocenters. The Morgan fingerprint density at radius 3 is 2.25 bits per heavy atom. The molecule has 0 aliphatic rings. The average molecular weight is 379 g/mol. The van der Waals surface area contributed by atoms with Gasteiger partial charge >= 0.3 is 5.69 Å². The first-order valence-electron chi connectivity index (χ1n) is 9.33. The van der Waals surface area contributed by atoms with E-state index in [0.29, 0.717) is 17.3 Å². The summed E-state index contributed by atoms with van der Waals surface area (Å²) in [4.78, 5) is 38.4. The lowest BCUT2D eigenvalue weighted by atomic mass is 10.1. The zero-order chi connectivity index (χ0) is 20.3. The van der Waals surface area contributed by atoms with Crippen LogP contribution in [0.5, 0.6) is 0 Å². The number of nitrogens with one attached hydrogen (secondary N) is 1. The summed E-state index contributed by atoms with van der Waals surface area (Å²) >= 11 is 0. The largest absolute Gasteiger partial charge is 0.350 e. The molecule has 0 saturated carbocycles. The van der Waals surface area contributed by atoms with Crippen molar-refractivity contribution in [2.75, 3.05) is 0 Å². The fraction of sp³-hybridized carbons (Fsp3) is 0.318. The van der Waals surface area contributed by atoms with Gasteiger partial charge in [0.05, 0.1) is 10.9 Å². The number of hydrogen-bond acceptors (Lipinski definition) is 3. The molecule has 0 fully saturated rings. The van der Waals surface area contributed by atoms with Gasteiger partial charge in [-0.25, -0.2) is 4.79 Å². The summed E-state index contributed by atoms with van der Waals surface area (Å²) in [5.41, 5.74) is 0.308. The minimum atomic E-state index is -0.469. The van der Waals surface area contributed by atoms with Crippen LogP contribution in [0.25, 0.3) is 10.9 Å². The van der Waals surface area contributed by atoms with Crippen LogP contribution in [0.1, 0.15) is 26.3 Å². The predicted molar refractivity (Wildman–Crippen MR) is 111 cm³/mol. The Morgan fingerprint density at radius 1 is 0.929 bits per heavy atom. The number of aryl methyl sites for hydroxylation is 1. The number of rotatable bonds is 5. The maximum atomic E-state index is 13.1. The summed E-state index contributed by atoms with van der Waals surface area (Å²) in [6.07, 6.45) is 0.558. The van der Waals surface area contributed by atoms with Crippen LogP contribution in [-0.2, 0) is 24.3 Å². The summed E-state index contributed by atoms with van der Waals surface area (Å²) < 4.78 is 2.60. The highest BCUT2D eigenvalue weighted by atomic mass is 16.2. The number of benzene rings is 2. The van der Waals surface area contributed by atoms with Gasteiger partial charge in [-0.1, -0.05) is 42.5 Å². The van der Waals surface area contributed by atoms with Crippen molar-refractivity contribution in [1.29, 1.82) is 0 Å². The highest BCUT2D eigenvalue weighted by Crippen LogP contribution is 2.09. The zero-order valence-corrected chi connectivity index (χ0v) is 16.4. The molecule has 0 atom stereocenters. The maximum absolute atomic E-state index is 13.1. The van der Waals surface area contributed by atoms with E-state index in [-0.39, 0.29) is 24.6 Å². The normalized spacial score (nSPS) is 11.5. The van der Waals surface area contributed by atoms with Crippen molar-refractivity contribution in [1.82, 2.24) is 14.5 Å². The van der Waals surface area contributed by atoms with E-state index < -0.39 is 11.2 Å². The molecule has 0 aliphatic heterocycles. The number of fused-ring (bicyclic) bond motifs is 1. The third kappa shape index (κ3) is 4.39. The van der Waals surface area contributed by atoms with E-state index in [4.69, 9.17) is 0 Å². The molecule has 0 spiro atoms. The minimum absolute atomic E-state index is 0.137. The van der Waals surface area contributed by atoms with Crippen molar-refractivity contribution in [2.24, 2.45) is 0 Å². The number of carbonyl (C=O) groups excluding carboxylic acids is 1. The molecule has 146 valence electrons. The highest BCUT2D eigenvalue weighted by molar-refractivity contribution is 5.81. The Kier molecular flexibility index (Phi) is 5.49. The van der Waals surface area contributed by atoms with Crippen molar-refractivity contribution in [3.8, 4) is 0 Å². The molecule has 0 aliphatic carbocycles. The van der Waals surface area contributed by atoms with Crippen LogP contribution < -0.4 is 16.6 Å². The first-order chi connectivity index (χ1) is 13.3.